The van der Waals surface area contributed by atoms with E-state index in [1.165, 1.54) is 41.8 Å². The Hall–Kier alpha value is -0.510. The van der Waals surface area contributed by atoms with Gasteiger partial charge in [0.15, 0.2) is 0 Å². The van der Waals surface area contributed by atoms with E-state index in [4.69, 9.17) is 12.2 Å². The Kier molecular flexibility index (Phi) is 2.16. The van der Waals surface area contributed by atoms with Crippen molar-refractivity contribution in [1.29, 1.82) is 0 Å². The van der Waals surface area contributed by atoms with Gasteiger partial charge in [-0.15, -0.1) is 22.7 Å². The molecule has 2 heterocycles. The summed E-state index contributed by atoms with van der Waals surface area (Å²) in [6, 6.07) is 0. The molecule has 3 heteroatoms. The number of fused-ring (bicyclic) bond motifs is 3. The van der Waals surface area contributed by atoms with Crippen LogP contribution in [-0.4, -0.2) is 4.86 Å². The third-order valence-corrected chi connectivity index (χ3v) is 5.67. The van der Waals surface area contributed by atoms with Crippen molar-refractivity contribution in [2.75, 3.05) is 0 Å². The lowest BCUT2D eigenvalue weighted by molar-refractivity contribution is 1.55. The van der Waals surface area contributed by atoms with Crippen molar-refractivity contribution in [3.63, 3.8) is 0 Å². The third-order valence-electron chi connectivity index (χ3n) is 3.22. The first-order valence-electron chi connectivity index (χ1n) is 5.27. The van der Waals surface area contributed by atoms with E-state index < -0.39 is 0 Å². The summed E-state index contributed by atoms with van der Waals surface area (Å²) in [4.78, 5) is 6.65. The minimum absolute atomic E-state index is 1.08. The summed E-state index contributed by atoms with van der Waals surface area (Å²) >= 11 is 9.39. The zero-order valence-corrected chi connectivity index (χ0v) is 12.2. The molecule has 0 aromatic carbocycles. The van der Waals surface area contributed by atoms with Gasteiger partial charge in [-0.25, -0.2) is 0 Å². The summed E-state index contributed by atoms with van der Waals surface area (Å²) in [6.45, 7) is 8.78. The summed E-state index contributed by atoms with van der Waals surface area (Å²) in [5.41, 5.74) is 5.51. The predicted molar refractivity (Wildman–Crippen MR) is 77.4 cm³/mol. The molecule has 0 amide bonds. The smallest absolute Gasteiger partial charge is 0.0556 e. The van der Waals surface area contributed by atoms with Gasteiger partial charge in [-0.3, -0.25) is 0 Å². The monoisotopic (exact) mass is 264 g/mol. The average molecular weight is 264 g/mol. The molecule has 0 unspecified atom stereocenters. The van der Waals surface area contributed by atoms with Crippen LogP contribution in [0, 0.1) is 27.7 Å². The first kappa shape index (κ1) is 10.6. The molecule has 0 saturated carbocycles. The van der Waals surface area contributed by atoms with Gasteiger partial charge in [0.2, 0.25) is 0 Å². The summed E-state index contributed by atoms with van der Waals surface area (Å²) in [6.07, 6.45) is 0. The van der Waals surface area contributed by atoms with Crippen molar-refractivity contribution < 1.29 is 0 Å². The number of hydrogen-bond acceptors (Lipinski definition) is 3. The zero-order valence-electron chi connectivity index (χ0n) is 9.72. The molecule has 1 aliphatic carbocycles. The van der Waals surface area contributed by atoms with Crippen molar-refractivity contribution in [3.05, 3.63) is 30.6 Å². The molecule has 0 bridgehead atoms. The lowest BCUT2D eigenvalue weighted by Crippen LogP contribution is -1.94. The van der Waals surface area contributed by atoms with E-state index >= 15 is 0 Å². The van der Waals surface area contributed by atoms with E-state index in [-0.39, 0.29) is 0 Å². The predicted octanol–water partition coefficient (Wildman–Crippen LogP) is 4.79. The number of thiocarbonyl (C=S) groups is 1. The van der Waals surface area contributed by atoms with Crippen molar-refractivity contribution in [1.82, 2.24) is 0 Å². The molecular formula is C13H12S3. The van der Waals surface area contributed by atoms with Crippen LogP contribution in [0.3, 0.4) is 0 Å². The standard InChI is InChI=1S/C13H12S3/c1-5-9-10-6(2)16-8(4)12(10)13(14)11(9)7(3)15-5/h1-4H3. The zero-order chi connectivity index (χ0) is 11.6. The Morgan fingerprint density at radius 2 is 0.938 bits per heavy atom. The molecule has 1 aliphatic rings. The van der Waals surface area contributed by atoms with Crippen molar-refractivity contribution >= 4 is 39.8 Å². The Labute approximate surface area is 109 Å². The van der Waals surface area contributed by atoms with Gasteiger partial charge in [0.05, 0.1) is 4.86 Å². The topological polar surface area (TPSA) is 0 Å². The van der Waals surface area contributed by atoms with Gasteiger partial charge < -0.3 is 0 Å². The molecule has 0 N–H and O–H groups in total. The molecule has 0 nitrogen and oxygen atoms in total. The molecule has 16 heavy (non-hydrogen) atoms. The lowest BCUT2D eigenvalue weighted by atomic mass is 10.1. The van der Waals surface area contributed by atoms with Gasteiger partial charge in [0, 0.05) is 41.8 Å². The molecule has 2 aromatic heterocycles. The maximum Gasteiger partial charge on any atom is 0.0556 e. The maximum atomic E-state index is 5.64. The maximum absolute atomic E-state index is 5.64. The minimum Gasteiger partial charge on any atom is -0.145 e. The number of thiophene rings is 2. The quantitative estimate of drug-likeness (QED) is 0.526. The SMILES string of the molecule is Cc1sc(C)c2c1C(=S)c1c(C)sc(C)c1-2. The van der Waals surface area contributed by atoms with Crippen LogP contribution in [0.1, 0.15) is 30.6 Å². The summed E-state index contributed by atoms with van der Waals surface area (Å²) in [5.74, 6) is 0. The summed E-state index contributed by atoms with van der Waals surface area (Å²) < 4.78 is 0. The van der Waals surface area contributed by atoms with Crippen LogP contribution in [0.5, 0.6) is 0 Å². The molecule has 3 rings (SSSR count). The highest BCUT2D eigenvalue weighted by molar-refractivity contribution is 7.81. The van der Waals surface area contributed by atoms with Gasteiger partial charge >= 0.3 is 0 Å². The molecule has 0 atom stereocenters. The van der Waals surface area contributed by atoms with Crippen LogP contribution in [0.25, 0.3) is 11.1 Å². The molecule has 0 saturated heterocycles. The summed E-state index contributed by atoms with van der Waals surface area (Å²) in [5, 5.41) is 0. The van der Waals surface area contributed by atoms with Crippen molar-refractivity contribution in [2.24, 2.45) is 0 Å². The second-order valence-electron chi connectivity index (χ2n) is 4.26. The van der Waals surface area contributed by atoms with Crippen LogP contribution < -0.4 is 0 Å². The minimum atomic E-state index is 1.08. The normalized spacial score (nSPS) is 13.1. The van der Waals surface area contributed by atoms with Crippen LogP contribution in [0.2, 0.25) is 0 Å². The number of rotatable bonds is 0. The molecule has 0 radical (unpaired) electrons. The number of aryl methyl sites for hydroxylation is 4. The van der Waals surface area contributed by atoms with E-state index in [0.29, 0.717) is 0 Å². The molecule has 0 aliphatic heterocycles. The van der Waals surface area contributed by atoms with Crippen LogP contribution in [-0.2, 0) is 0 Å². The lowest BCUT2D eigenvalue weighted by Gasteiger charge is -1.96. The van der Waals surface area contributed by atoms with E-state index in [1.54, 1.807) is 0 Å². The fourth-order valence-electron chi connectivity index (χ4n) is 2.64. The molecule has 2 aromatic rings. The largest absolute Gasteiger partial charge is 0.145 e. The summed E-state index contributed by atoms with van der Waals surface area (Å²) in [7, 11) is 0. The highest BCUT2D eigenvalue weighted by Crippen LogP contribution is 2.49. The van der Waals surface area contributed by atoms with Crippen molar-refractivity contribution in [3.8, 4) is 11.1 Å². The number of hydrogen-bond donors (Lipinski definition) is 0. The second kappa shape index (κ2) is 3.25. The Bertz CT molecular complexity index is 572. The van der Waals surface area contributed by atoms with Gasteiger partial charge in [-0.2, -0.15) is 0 Å². The fraction of sp³-hybridized carbons (Fsp3) is 0.308. The Morgan fingerprint density at radius 1 is 0.625 bits per heavy atom. The van der Waals surface area contributed by atoms with Gasteiger partial charge in [0.1, 0.15) is 0 Å². The van der Waals surface area contributed by atoms with Crippen LogP contribution in [0.15, 0.2) is 0 Å². The van der Waals surface area contributed by atoms with Gasteiger partial charge in [-0.05, 0) is 27.7 Å². The van der Waals surface area contributed by atoms with Gasteiger partial charge in [-0.1, -0.05) is 12.2 Å². The van der Waals surface area contributed by atoms with Crippen LogP contribution in [0.4, 0.5) is 0 Å². The average Bonchev–Trinajstić information content (AvgIpc) is 2.74. The molecular weight excluding hydrogens is 252 g/mol. The highest BCUT2D eigenvalue weighted by Gasteiger charge is 2.32. The fourth-order valence-corrected chi connectivity index (χ4v) is 5.42. The molecule has 0 spiro atoms. The molecule has 82 valence electrons. The van der Waals surface area contributed by atoms with Crippen molar-refractivity contribution in [2.45, 2.75) is 27.7 Å². The third kappa shape index (κ3) is 1.11. The first-order valence-corrected chi connectivity index (χ1v) is 7.31. The first-order chi connectivity index (χ1) is 7.52. The van der Waals surface area contributed by atoms with Crippen LogP contribution >= 0.6 is 34.9 Å². The Morgan fingerprint density at radius 3 is 1.31 bits per heavy atom. The van der Waals surface area contributed by atoms with E-state index in [2.05, 4.69) is 27.7 Å². The highest BCUT2D eigenvalue weighted by atomic mass is 32.1. The van der Waals surface area contributed by atoms with E-state index in [1.807, 2.05) is 22.7 Å². The van der Waals surface area contributed by atoms with E-state index in [0.717, 1.165) is 4.86 Å². The van der Waals surface area contributed by atoms with Gasteiger partial charge in [0.25, 0.3) is 0 Å². The van der Waals surface area contributed by atoms with E-state index in [9.17, 15) is 0 Å². The molecule has 0 fully saturated rings. The second-order valence-corrected chi connectivity index (χ2v) is 7.52. The Balaban J connectivity index is 2.48.